The predicted molar refractivity (Wildman–Crippen MR) is 64.3 cm³/mol. The van der Waals surface area contributed by atoms with Crippen LogP contribution in [-0.2, 0) is 4.74 Å². The van der Waals surface area contributed by atoms with E-state index in [9.17, 15) is 5.11 Å². The summed E-state index contributed by atoms with van der Waals surface area (Å²) in [6, 6.07) is 0. The van der Waals surface area contributed by atoms with Gasteiger partial charge in [-0.15, -0.1) is 0 Å². The van der Waals surface area contributed by atoms with Gasteiger partial charge in [-0.1, -0.05) is 5.16 Å². The zero-order chi connectivity index (χ0) is 12.4. The Hall–Kier alpha value is -0.940. The van der Waals surface area contributed by atoms with Crippen LogP contribution in [0.25, 0.3) is 0 Å². The SMILES string of the molecule is OC1CCC(c2nc(C3CCCOC3)no2)CC1. The van der Waals surface area contributed by atoms with Gasteiger partial charge in [0.05, 0.1) is 12.7 Å². The Labute approximate surface area is 107 Å². The molecule has 0 aromatic carbocycles. The van der Waals surface area contributed by atoms with Crippen molar-refractivity contribution in [2.75, 3.05) is 13.2 Å². The maximum absolute atomic E-state index is 9.50. The first-order valence-electron chi connectivity index (χ1n) is 6.92. The van der Waals surface area contributed by atoms with Crippen LogP contribution < -0.4 is 0 Å². The molecule has 18 heavy (non-hydrogen) atoms. The fourth-order valence-electron chi connectivity index (χ4n) is 2.85. The fraction of sp³-hybridized carbons (Fsp3) is 0.846. The summed E-state index contributed by atoms with van der Waals surface area (Å²) in [7, 11) is 0. The molecule has 1 saturated carbocycles. The van der Waals surface area contributed by atoms with Crippen molar-refractivity contribution in [1.82, 2.24) is 10.1 Å². The van der Waals surface area contributed by atoms with Crippen LogP contribution in [0.1, 0.15) is 62.1 Å². The van der Waals surface area contributed by atoms with Crippen molar-refractivity contribution in [1.29, 1.82) is 0 Å². The first-order chi connectivity index (χ1) is 8.83. The van der Waals surface area contributed by atoms with Crippen LogP contribution in [0.3, 0.4) is 0 Å². The lowest BCUT2D eigenvalue weighted by Gasteiger charge is -2.22. The van der Waals surface area contributed by atoms with Gasteiger partial charge >= 0.3 is 0 Å². The molecule has 0 spiro atoms. The maximum atomic E-state index is 9.50. The number of nitrogens with zero attached hydrogens (tertiary/aromatic N) is 2. The molecule has 2 aliphatic rings. The minimum absolute atomic E-state index is 0.143. The summed E-state index contributed by atoms with van der Waals surface area (Å²) >= 11 is 0. The fourth-order valence-corrected chi connectivity index (χ4v) is 2.85. The molecule has 0 radical (unpaired) electrons. The van der Waals surface area contributed by atoms with Crippen molar-refractivity contribution in [2.45, 2.75) is 56.5 Å². The van der Waals surface area contributed by atoms with E-state index in [1.165, 1.54) is 0 Å². The lowest BCUT2D eigenvalue weighted by atomic mass is 9.87. The third-order valence-electron chi connectivity index (χ3n) is 4.03. The molecule has 5 heteroatoms. The zero-order valence-electron chi connectivity index (χ0n) is 10.5. The molecule has 100 valence electrons. The predicted octanol–water partition coefficient (Wildman–Crippen LogP) is 1.98. The lowest BCUT2D eigenvalue weighted by Crippen LogP contribution is -2.18. The Morgan fingerprint density at radius 2 is 1.89 bits per heavy atom. The van der Waals surface area contributed by atoms with Crippen LogP contribution in [0.2, 0.25) is 0 Å². The van der Waals surface area contributed by atoms with Crippen molar-refractivity contribution in [3.8, 4) is 0 Å². The number of ether oxygens (including phenoxy) is 1. The molecule has 1 saturated heterocycles. The van der Waals surface area contributed by atoms with Crippen LogP contribution >= 0.6 is 0 Å². The number of aromatic nitrogens is 2. The summed E-state index contributed by atoms with van der Waals surface area (Å²) in [6.07, 6.45) is 5.60. The molecule has 1 unspecified atom stereocenters. The van der Waals surface area contributed by atoms with E-state index < -0.39 is 0 Å². The number of hydrogen-bond acceptors (Lipinski definition) is 5. The summed E-state index contributed by atoms with van der Waals surface area (Å²) in [6.45, 7) is 1.56. The van der Waals surface area contributed by atoms with E-state index in [1.807, 2.05) is 0 Å². The van der Waals surface area contributed by atoms with Crippen LogP contribution in [-0.4, -0.2) is 34.6 Å². The summed E-state index contributed by atoms with van der Waals surface area (Å²) in [5.74, 6) is 2.18. The number of rotatable bonds is 2. The molecule has 2 heterocycles. The van der Waals surface area contributed by atoms with Gasteiger partial charge in [-0.25, -0.2) is 0 Å². The average molecular weight is 252 g/mol. The Bertz CT molecular complexity index is 379. The smallest absolute Gasteiger partial charge is 0.229 e. The molecule has 1 aliphatic heterocycles. The highest BCUT2D eigenvalue weighted by molar-refractivity contribution is 5.01. The minimum atomic E-state index is -0.143. The normalized spacial score (nSPS) is 33.5. The molecule has 5 nitrogen and oxygen atoms in total. The van der Waals surface area contributed by atoms with E-state index >= 15 is 0 Å². The molecule has 1 N–H and O–H groups in total. The first kappa shape index (κ1) is 12.1. The van der Waals surface area contributed by atoms with Gasteiger partial charge in [-0.2, -0.15) is 4.98 Å². The summed E-state index contributed by atoms with van der Waals surface area (Å²) in [4.78, 5) is 4.54. The van der Waals surface area contributed by atoms with E-state index in [4.69, 9.17) is 9.26 Å². The Balaban J connectivity index is 1.65. The molecule has 0 amide bonds. The molecular formula is C13H20N2O3. The largest absolute Gasteiger partial charge is 0.393 e. The Kier molecular flexibility index (Phi) is 3.61. The topological polar surface area (TPSA) is 68.4 Å². The second kappa shape index (κ2) is 5.36. The molecule has 1 atom stereocenters. The third kappa shape index (κ3) is 2.57. The molecule has 1 aromatic rings. The highest BCUT2D eigenvalue weighted by atomic mass is 16.5. The van der Waals surface area contributed by atoms with Crippen molar-refractivity contribution in [2.24, 2.45) is 0 Å². The monoisotopic (exact) mass is 252 g/mol. The van der Waals surface area contributed by atoms with E-state index in [-0.39, 0.29) is 6.10 Å². The van der Waals surface area contributed by atoms with E-state index in [1.54, 1.807) is 0 Å². The van der Waals surface area contributed by atoms with Crippen molar-refractivity contribution in [3.05, 3.63) is 11.7 Å². The molecule has 3 rings (SSSR count). The lowest BCUT2D eigenvalue weighted by molar-refractivity contribution is 0.0773. The second-order valence-corrected chi connectivity index (χ2v) is 5.41. The Morgan fingerprint density at radius 1 is 1.06 bits per heavy atom. The van der Waals surface area contributed by atoms with Gasteiger partial charge in [0.25, 0.3) is 0 Å². The van der Waals surface area contributed by atoms with Crippen LogP contribution in [0.5, 0.6) is 0 Å². The minimum Gasteiger partial charge on any atom is -0.393 e. The standard InChI is InChI=1S/C13H20N2O3/c16-11-5-3-9(4-6-11)13-14-12(15-18-13)10-2-1-7-17-8-10/h9-11,16H,1-8H2. The number of hydrogen-bond donors (Lipinski definition) is 1. The van der Waals surface area contributed by atoms with Crippen molar-refractivity contribution < 1.29 is 14.4 Å². The zero-order valence-corrected chi connectivity index (χ0v) is 10.5. The first-order valence-corrected chi connectivity index (χ1v) is 6.92. The van der Waals surface area contributed by atoms with E-state index in [0.29, 0.717) is 18.4 Å². The van der Waals surface area contributed by atoms with Gasteiger partial charge in [0.2, 0.25) is 5.89 Å². The summed E-state index contributed by atoms with van der Waals surface area (Å²) in [5.41, 5.74) is 0. The molecule has 0 bridgehead atoms. The molecule has 1 aromatic heterocycles. The van der Waals surface area contributed by atoms with Gasteiger partial charge in [-0.3, -0.25) is 0 Å². The quantitative estimate of drug-likeness (QED) is 0.871. The van der Waals surface area contributed by atoms with Gasteiger partial charge in [-0.05, 0) is 38.5 Å². The van der Waals surface area contributed by atoms with E-state index in [0.717, 1.165) is 56.8 Å². The highest BCUT2D eigenvalue weighted by Gasteiger charge is 2.27. The second-order valence-electron chi connectivity index (χ2n) is 5.41. The summed E-state index contributed by atoms with van der Waals surface area (Å²) in [5, 5.41) is 13.6. The van der Waals surface area contributed by atoms with Crippen LogP contribution in [0.4, 0.5) is 0 Å². The average Bonchev–Trinajstić information content (AvgIpc) is 2.90. The van der Waals surface area contributed by atoms with Crippen LogP contribution in [0, 0.1) is 0 Å². The highest BCUT2D eigenvalue weighted by Crippen LogP contribution is 2.33. The Morgan fingerprint density at radius 3 is 2.61 bits per heavy atom. The van der Waals surface area contributed by atoms with Gasteiger partial charge < -0.3 is 14.4 Å². The van der Waals surface area contributed by atoms with Crippen molar-refractivity contribution >= 4 is 0 Å². The van der Waals surface area contributed by atoms with Gasteiger partial charge in [0.15, 0.2) is 5.82 Å². The maximum Gasteiger partial charge on any atom is 0.229 e. The van der Waals surface area contributed by atoms with E-state index in [2.05, 4.69) is 10.1 Å². The third-order valence-corrected chi connectivity index (χ3v) is 4.03. The number of aliphatic hydroxyl groups excluding tert-OH is 1. The number of aliphatic hydroxyl groups is 1. The van der Waals surface area contributed by atoms with Gasteiger partial charge in [0.1, 0.15) is 0 Å². The molecular weight excluding hydrogens is 232 g/mol. The molecule has 1 aliphatic carbocycles. The van der Waals surface area contributed by atoms with Gasteiger partial charge in [0, 0.05) is 18.4 Å². The molecule has 2 fully saturated rings. The van der Waals surface area contributed by atoms with Crippen LogP contribution in [0.15, 0.2) is 4.52 Å². The summed E-state index contributed by atoms with van der Waals surface area (Å²) < 4.78 is 10.8. The van der Waals surface area contributed by atoms with Crippen molar-refractivity contribution in [3.63, 3.8) is 0 Å².